The van der Waals surface area contributed by atoms with E-state index in [4.69, 9.17) is 0 Å². The molecular weight excluding hydrogens is 269 g/mol. The molecule has 0 aliphatic carbocycles. The quantitative estimate of drug-likeness (QED) is 0.719. The first-order valence-corrected chi connectivity index (χ1v) is 7.89. The van der Waals surface area contributed by atoms with Crippen LogP contribution in [0.3, 0.4) is 0 Å². The van der Waals surface area contributed by atoms with Crippen LogP contribution in [-0.2, 0) is 0 Å². The molecule has 6 heteroatoms. The Morgan fingerprint density at radius 1 is 1.10 bits per heavy atom. The highest BCUT2D eigenvalue weighted by molar-refractivity contribution is 5.43. The molecule has 0 unspecified atom stereocenters. The van der Waals surface area contributed by atoms with Gasteiger partial charge in [-0.25, -0.2) is 9.37 Å². The molecule has 0 saturated carbocycles. The average molecular weight is 297 g/mol. The molecule has 0 aromatic carbocycles. The van der Waals surface area contributed by atoms with E-state index in [0.29, 0.717) is 11.8 Å². The smallest absolute Gasteiger partial charge is 0.224 e. The topological polar surface area (TPSA) is 44.3 Å². The van der Waals surface area contributed by atoms with Crippen molar-refractivity contribution in [1.29, 1.82) is 0 Å². The molecule has 0 bridgehead atoms. The fraction of sp³-hybridized carbons (Fsp3) is 0.733. The van der Waals surface area contributed by atoms with E-state index >= 15 is 0 Å². The molecule has 1 N–H and O–H groups in total. The third-order valence-corrected chi connectivity index (χ3v) is 3.54. The van der Waals surface area contributed by atoms with Gasteiger partial charge in [0.25, 0.3) is 0 Å². The van der Waals surface area contributed by atoms with Gasteiger partial charge in [-0.1, -0.05) is 13.8 Å². The Labute approximate surface area is 127 Å². The van der Waals surface area contributed by atoms with Crippen molar-refractivity contribution in [1.82, 2.24) is 14.9 Å². The van der Waals surface area contributed by atoms with Gasteiger partial charge >= 0.3 is 0 Å². The highest BCUT2D eigenvalue weighted by Gasteiger charge is 2.13. The summed E-state index contributed by atoms with van der Waals surface area (Å²) in [5.41, 5.74) is 0. The van der Waals surface area contributed by atoms with E-state index in [-0.39, 0.29) is 5.82 Å². The number of halogens is 1. The van der Waals surface area contributed by atoms with Crippen molar-refractivity contribution in [2.75, 3.05) is 49.5 Å². The SMILES string of the molecule is CCNc1ncc(F)c(N(CC)CCCN(CC)CC)n1. The minimum atomic E-state index is -0.360. The highest BCUT2D eigenvalue weighted by Crippen LogP contribution is 2.17. The van der Waals surface area contributed by atoms with Crippen LogP contribution in [0.25, 0.3) is 0 Å². The molecule has 5 nitrogen and oxygen atoms in total. The van der Waals surface area contributed by atoms with Gasteiger partial charge in [0.2, 0.25) is 5.95 Å². The van der Waals surface area contributed by atoms with Crippen LogP contribution in [0.15, 0.2) is 6.20 Å². The maximum atomic E-state index is 14.0. The maximum Gasteiger partial charge on any atom is 0.224 e. The van der Waals surface area contributed by atoms with Gasteiger partial charge < -0.3 is 15.1 Å². The molecule has 120 valence electrons. The molecule has 21 heavy (non-hydrogen) atoms. The predicted molar refractivity (Wildman–Crippen MR) is 86.4 cm³/mol. The van der Waals surface area contributed by atoms with E-state index in [0.717, 1.165) is 45.7 Å². The minimum Gasteiger partial charge on any atom is -0.354 e. The van der Waals surface area contributed by atoms with E-state index in [9.17, 15) is 4.39 Å². The van der Waals surface area contributed by atoms with Gasteiger partial charge in [-0.3, -0.25) is 0 Å². The zero-order chi connectivity index (χ0) is 15.7. The van der Waals surface area contributed by atoms with Crippen molar-refractivity contribution >= 4 is 11.8 Å². The fourth-order valence-corrected chi connectivity index (χ4v) is 2.26. The summed E-state index contributed by atoms with van der Waals surface area (Å²) in [7, 11) is 0. The summed E-state index contributed by atoms with van der Waals surface area (Å²) in [6.07, 6.45) is 2.24. The van der Waals surface area contributed by atoms with E-state index in [2.05, 4.69) is 34.0 Å². The van der Waals surface area contributed by atoms with Crippen molar-refractivity contribution < 1.29 is 4.39 Å². The summed E-state index contributed by atoms with van der Waals surface area (Å²) < 4.78 is 14.0. The Balaban J connectivity index is 2.68. The maximum absolute atomic E-state index is 14.0. The molecule has 0 saturated heterocycles. The molecule has 1 heterocycles. The summed E-state index contributed by atoms with van der Waals surface area (Å²) in [6, 6.07) is 0. The van der Waals surface area contributed by atoms with Gasteiger partial charge in [0.15, 0.2) is 11.6 Å². The first-order valence-electron chi connectivity index (χ1n) is 7.89. The zero-order valence-electron chi connectivity index (χ0n) is 13.7. The molecule has 0 atom stereocenters. The lowest BCUT2D eigenvalue weighted by molar-refractivity contribution is 0.300. The molecule has 0 aliphatic heterocycles. The largest absolute Gasteiger partial charge is 0.354 e. The van der Waals surface area contributed by atoms with E-state index < -0.39 is 0 Å². The van der Waals surface area contributed by atoms with Gasteiger partial charge in [0.05, 0.1) is 6.20 Å². The van der Waals surface area contributed by atoms with Gasteiger partial charge in [-0.05, 0) is 39.9 Å². The second kappa shape index (κ2) is 9.50. The summed E-state index contributed by atoms with van der Waals surface area (Å²) in [5, 5.41) is 3.02. The Morgan fingerprint density at radius 2 is 1.81 bits per heavy atom. The van der Waals surface area contributed by atoms with Crippen LogP contribution in [0.5, 0.6) is 0 Å². The van der Waals surface area contributed by atoms with Crippen LogP contribution in [0.1, 0.15) is 34.1 Å². The standard InChI is InChI=1S/C15H28FN5/c1-5-17-15-18-12-13(16)14(19-15)21(8-4)11-9-10-20(6-2)7-3/h12H,5-11H2,1-4H3,(H,17,18,19). The van der Waals surface area contributed by atoms with E-state index in [1.807, 2.05) is 18.7 Å². The predicted octanol–water partition coefficient (Wildman–Crippen LogP) is 2.61. The second-order valence-corrected chi connectivity index (χ2v) is 4.86. The molecule has 0 radical (unpaired) electrons. The van der Waals surface area contributed by atoms with Crippen LogP contribution in [-0.4, -0.2) is 54.1 Å². The van der Waals surface area contributed by atoms with Crippen LogP contribution in [0, 0.1) is 5.82 Å². The van der Waals surface area contributed by atoms with Gasteiger partial charge in [0, 0.05) is 19.6 Å². The number of nitrogens with one attached hydrogen (secondary N) is 1. The molecule has 0 spiro atoms. The van der Waals surface area contributed by atoms with Crippen LogP contribution in [0.2, 0.25) is 0 Å². The first kappa shape index (κ1) is 17.6. The lowest BCUT2D eigenvalue weighted by Crippen LogP contribution is -2.31. The summed E-state index contributed by atoms with van der Waals surface area (Å²) in [5.74, 6) is 0.514. The van der Waals surface area contributed by atoms with Gasteiger partial charge in [-0.15, -0.1) is 0 Å². The van der Waals surface area contributed by atoms with Gasteiger partial charge in [-0.2, -0.15) is 4.98 Å². The normalized spacial score (nSPS) is 11.0. The number of nitrogens with zero attached hydrogens (tertiary/aromatic N) is 4. The Bertz CT molecular complexity index is 409. The number of anilines is 2. The minimum absolute atomic E-state index is 0.360. The molecule has 0 amide bonds. The highest BCUT2D eigenvalue weighted by atomic mass is 19.1. The second-order valence-electron chi connectivity index (χ2n) is 4.86. The Hall–Kier alpha value is -1.43. The summed E-state index contributed by atoms with van der Waals surface area (Å²) in [4.78, 5) is 12.6. The molecule has 1 rings (SSSR count). The Morgan fingerprint density at radius 3 is 2.38 bits per heavy atom. The van der Waals surface area contributed by atoms with Crippen LogP contribution < -0.4 is 10.2 Å². The monoisotopic (exact) mass is 297 g/mol. The number of hydrogen-bond acceptors (Lipinski definition) is 5. The fourth-order valence-electron chi connectivity index (χ4n) is 2.26. The van der Waals surface area contributed by atoms with E-state index in [1.54, 1.807) is 0 Å². The van der Waals surface area contributed by atoms with Crippen LogP contribution in [0.4, 0.5) is 16.2 Å². The third-order valence-electron chi connectivity index (χ3n) is 3.54. The van der Waals surface area contributed by atoms with E-state index in [1.165, 1.54) is 6.20 Å². The zero-order valence-corrected chi connectivity index (χ0v) is 13.7. The molecule has 0 fully saturated rings. The average Bonchev–Trinajstić information content (AvgIpc) is 2.50. The van der Waals surface area contributed by atoms with Crippen molar-refractivity contribution in [2.45, 2.75) is 34.1 Å². The summed E-state index contributed by atoms with van der Waals surface area (Å²) in [6.45, 7) is 13.7. The lowest BCUT2D eigenvalue weighted by atomic mass is 10.3. The number of aromatic nitrogens is 2. The third kappa shape index (κ3) is 5.46. The molecule has 1 aromatic rings. The van der Waals surface area contributed by atoms with Crippen molar-refractivity contribution in [3.05, 3.63) is 12.0 Å². The molecule has 1 aromatic heterocycles. The first-order chi connectivity index (χ1) is 10.2. The van der Waals surface area contributed by atoms with Gasteiger partial charge in [0.1, 0.15) is 0 Å². The molecular formula is C15H28FN5. The lowest BCUT2D eigenvalue weighted by Gasteiger charge is -2.24. The van der Waals surface area contributed by atoms with Crippen molar-refractivity contribution in [3.63, 3.8) is 0 Å². The van der Waals surface area contributed by atoms with Crippen molar-refractivity contribution in [2.24, 2.45) is 0 Å². The summed E-state index contributed by atoms with van der Waals surface area (Å²) >= 11 is 0. The number of hydrogen-bond donors (Lipinski definition) is 1. The van der Waals surface area contributed by atoms with Crippen LogP contribution >= 0.6 is 0 Å². The Kier molecular flexibility index (Phi) is 7.97. The molecule has 0 aliphatic rings. The van der Waals surface area contributed by atoms with Crippen molar-refractivity contribution in [3.8, 4) is 0 Å². The number of rotatable bonds is 10.